The summed E-state index contributed by atoms with van der Waals surface area (Å²) in [4.78, 5) is 37.5. The lowest BCUT2D eigenvalue weighted by Crippen LogP contribution is -2.30. The zero-order chi connectivity index (χ0) is 47.2. The standard InChI is InChI=1S/C59H94O6/c1-4-7-10-13-16-18-19-20-21-22-23-24-25-26-27-28-29-30-31-32-33-34-35-36-37-38-39-40-41-42-44-46-49-52-58(61)64-55-56(54-63-57(60)51-48-45-15-12-9-6-3)65-59(62)53-50-47-43-17-14-11-8-5-2/h7,10,16,18,20-21,23-24,26-27,29-30,32-33,35-36,38-39,41-42,56H,4-6,8-9,11-15,17,19,22,25,28,31,34,37,40,43-55H2,1-3H3/b10-7-,18-16-,21-20-,24-23-,27-26-,30-29-,33-32-,36-35-,39-38-,42-41-. The smallest absolute Gasteiger partial charge is 0.306 e. The molecule has 6 nitrogen and oxygen atoms in total. The first-order valence-corrected chi connectivity index (χ1v) is 26.0. The van der Waals surface area contributed by atoms with E-state index in [4.69, 9.17) is 14.2 Å². The van der Waals surface area contributed by atoms with E-state index in [0.29, 0.717) is 19.3 Å². The van der Waals surface area contributed by atoms with E-state index in [-0.39, 0.29) is 31.1 Å². The van der Waals surface area contributed by atoms with Crippen LogP contribution in [0.15, 0.2) is 122 Å². The molecule has 0 aromatic carbocycles. The van der Waals surface area contributed by atoms with Gasteiger partial charge in [0.1, 0.15) is 13.2 Å². The zero-order valence-corrected chi connectivity index (χ0v) is 41.7. The van der Waals surface area contributed by atoms with Gasteiger partial charge in [-0.2, -0.15) is 0 Å². The molecular formula is C59H94O6. The van der Waals surface area contributed by atoms with Crippen LogP contribution < -0.4 is 0 Å². The van der Waals surface area contributed by atoms with Gasteiger partial charge in [-0.1, -0.05) is 219 Å². The Hall–Kier alpha value is -4.19. The molecule has 6 heteroatoms. The van der Waals surface area contributed by atoms with Gasteiger partial charge in [-0.05, 0) is 96.3 Å². The summed E-state index contributed by atoms with van der Waals surface area (Å²) in [6, 6.07) is 0. The number of hydrogen-bond acceptors (Lipinski definition) is 6. The minimum absolute atomic E-state index is 0.0930. The Morgan fingerprint density at radius 2 is 0.600 bits per heavy atom. The van der Waals surface area contributed by atoms with E-state index in [1.54, 1.807) is 0 Å². The van der Waals surface area contributed by atoms with Crippen LogP contribution in [-0.2, 0) is 28.6 Å². The fraction of sp³-hybridized carbons (Fsp3) is 0.610. The molecule has 0 rings (SSSR count). The minimum atomic E-state index is -0.790. The number of hydrogen-bond donors (Lipinski definition) is 0. The molecule has 0 bridgehead atoms. The van der Waals surface area contributed by atoms with E-state index in [0.717, 1.165) is 122 Å². The van der Waals surface area contributed by atoms with E-state index in [9.17, 15) is 14.4 Å². The number of unbranched alkanes of at least 4 members (excludes halogenated alkanes) is 14. The van der Waals surface area contributed by atoms with Gasteiger partial charge in [-0.3, -0.25) is 14.4 Å². The quantitative estimate of drug-likeness (QED) is 0.0262. The van der Waals surface area contributed by atoms with E-state index in [1.165, 1.54) is 51.4 Å². The summed E-state index contributed by atoms with van der Waals surface area (Å²) >= 11 is 0. The number of esters is 3. The normalized spacial score (nSPS) is 13.1. The van der Waals surface area contributed by atoms with Gasteiger partial charge in [0.2, 0.25) is 0 Å². The Labute approximate surface area is 399 Å². The second kappa shape index (κ2) is 52.4. The number of carbonyl (C=O) groups is 3. The molecule has 65 heavy (non-hydrogen) atoms. The molecule has 366 valence electrons. The second-order valence-corrected chi connectivity index (χ2v) is 16.7. The summed E-state index contributed by atoms with van der Waals surface area (Å²) < 4.78 is 16.6. The molecule has 0 aliphatic heterocycles. The fourth-order valence-electron chi connectivity index (χ4n) is 6.59. The molecule has 0 aliphatic carbocycles. The summed E-state index contributed by atoms with van der Waals surface area (Å²) in [5.41, 5.74) is 0. The Morgan fingerprint density at radius 1 is 0.323 bits per heavy atom. The van der Waals surface area contributed by atoms with Crippen LogP contribution in [0.5, 0.6) is 0 Å². The van der Waals surface area contributed by atoms with E-state index in [1.807, 2.05) is 0 Å². The van der Waals surface area contributed by atoms with Crippen molar-refractivity contribution in [2.75, 3.05) is 13.2 Å². The zero-order valence-electron chi connectivity index (χ0n) is 41.7. The third-order valence-electron chi connectivity index (χ3n) is 10.5. The van der Waals surface area contributed by atoms with Crippen LogP contribution in [0.2, 0.25) is 0 Å². The first-order valence-electron chi connectivity index (χ1n) is 26.0. The molecule has 1 atom stereocenters. The number of carbonyl (C=O) groups excluding carboxylic acids is 3. The van der Waals surface area contributed by atoms with Crippen molar-refractivity contribution in [2.24, 2.45) is 0 Å². The Bertz CT molecular complexity index is 1400. The second-order valence-electron chi connectivity index (χ2n) is 16.7. The average molecular weight is 899 g/mol. The van der Waals surface area contributed by atoms with Crippen LogP contribution in [-0.4, -0.2) is 37.2 Å². The molecule has 0 amide bonds. The number of rotatable bonds is 45. The van der Waals surface area contributed by atoms with Gasteiger partial charge < -0.3 is 14.2 Å². The summed E-state index contributed by atoms with van der Waals surface area (Å²) in [5, 5.41) is 0. The molecule has 0 saturated carbocycles. The lowest BCUT2D eigenvalue weighted by Gasteiger charge is -2.18. The van der Waals surface area contributed by atoms with Crippen LogP contribution in [0.3, 0.4) is 0 Å². The molecule has 0 aliphatic rings. The van der Waals surface area contributed by atoms with Crippen LogP contribution >= 0.6 is 0 Å². The summed E-state index contributed by atoms with van der Waals surface area (Å²) in [6.45, 7) is 6.37. The maximum Gasteiger partial charge on any atom is 0.306 e. The summed E-state index contributed by atoms with van der Waals surface area (Å²) in [5.74, 6) is -0.963. The van der Waals surface area contributed by atoms with Crippen LogP contribution in [0, 0.1) is 0 Å². The average Bonchev–Trinajstić information content (AvgIpc) is 3.30. The molecule has 0 saturated heterocycles. The van der Waals surface area contributed by atoms with Crippen molar-refractivity contribution in [2.45, 2.75) is 219 Å². The van der Waals surface area contributed by atoms with Gasteiger partial charge in [0.05, 0.1) is 0 Å². The van der Waals surface area contributed by atoms with Crippen LogP contribution in [0.25, 0.3) is 0 Å². The van der Waals surface area contributed by atoms with Crippen molar-refractivity contribution >= 4 is 17.9 Å². The van der Waals surface area contributed by atoms with Gasteiger partial charge >= 0.3 is 17.9 Å². The third kappa shape index (κ3) is 50.7. The van der Waals surface area contributed by atoms with Crippen molar-refractivity contribution in [1.82, 2.24) is 0 Å². The monoisotopic (exact) mass is 899 g/mol. The topological polar surface area (TPSA) is 78.9 Å². The van der Waals surface area contributed by atoms with Crippen molar-refractivity contribution in [1.29, 1.82) is 0 Å². The number of ether oxygens (including phenoxy) is 3. The molecule has 1 unspecified atom stereocenters. The fourth-order valence-corrected chi connectivity index (χ4v) is 6.59. The molecular weight excluding hydrogens is 805 g/mol. The summed E-state index contributed by atoms with van der Waals surface area (Å²) in [6.07, 6.45) is 72.4. The van der Waals surface area contributed by atoms with Crippen molar-refractivity contribution < 1.29 is 28.6 Å². The molecule has 0 aromatic rings. The molecule has 0 N–H and O–H groups in total. The van der Waals surface area contributed by atoms with Gasteiger partial charge in [0.15, 0.2) is 6.10 Å². The predicted molar refractivity (Wildman–Crippen MR) is 279 cm³/mol. The maximum absolute atomic E-state index is 12.6. The van der Waals surface area contributed by atoms with Gasteiger partial charge in [-0.15, -0.1) is 0 Å². The van der Waals surface area contributed by atoms with E-state index >= 15 is 0 Å². The van der Waals surface area contributed by atoms with E-state index < -0.39 is 6.10 Å². The first kappa shape index (κ1) is 60.8. The van der Waals surface area contributed by atoms with Crippen LogP contribution in [0.4, 0.5) is 0 Å². The van der Waals surface area contributed by atoms with Crippen molar-refractivity contribution in [3.05, 3.63) is 122 Å². The highest BCUT2D eigenvalue weighted by Crippen LogP contribution is 2.12. The molecule has 0 spiro atoms. The minimum Gasteiger partial charge on any atom is -0.462 e. The van der Waals surface area contributed by atoms with Crippen LogP contribution in [0.1, 0.15) is 213 Å². The number of allylic oxidation sites excluding steroid dienone is 20. The van der Waals surface area contributed by atoms with Gasteiger partial charge in [0.25, 0.3) is 0 Å². The lowest BCUT2D eigenvalue weighted by atomic mass is 10.1. The maximum atomic E-state index is 12.6. The first-order chi connectivity index (χ1) is 32.0. The molecule has 0 heterocycles. The molecule has 0 fully saturated rings. The Kier molecular flexibility index (Phi) is 49.1. The highest BCUT2D eigenvalue weighted by molar-refractivity contribution is 5.71. The largest absolute Gasteiger partial charge is 0.462 e. The van der Waals surface area contributed by atoms with Crippen molar-refractivity contribution in [3.8, 4) is 0 Å². The van der Waals surface area contributed by atoms with Crippen molar-refractivity contribution in [3.63, 3.8) is 0 Å². The Balaban J connectivity index is 4.15. The lowest BCUT2D eigenvalue weighted by molar-refractivity contribution is -0.167. The Morgan fingerprint density at radius 3 is 0.938 bits per heavy atom. The predicted octanol–water partition coefficient (Wildman–Crippen LogP) is 17.3. The highest BCUT2D eigenvalue weighted by Gasteiger charge is 2.19. The molecule has 0 radical (unpaired) electrons. The third-order valence-corrected chi connectivity index (χ3v) is 10.5. The molecule has 0 aromatic heterocycles. The van der Waals surface area contributed by atoms with E-state index in [2.05, 4.69) is 142 Å². The highest BCUT2D eigenvalue weighted by atomic mass is 16.6. The van der Waals surface area contributed by atoms with Gasteiger partial charge in [0, 0.05) is 19.3 Å². The van der Waals surface area contributed by atoms with Gasteiger partial charge in [-0.25, -0.2) is 0 Å². The SMILES string of the molecule is CC/C=C\C/C=C\C/C=C\C/C=C\C/C=C\C/C=C\C/C=C\C/C=C\C/C=C\C/C=C\CCCCC(=O)OCC(COC(=O)CCCCCCCC)OC(=O)CCCCCCCCCC. The summed E-state index contributed by atoms with van der Waals surface area (Å²) in [7, 11) is 0.